The third-order valence-corrected chi connectivity index (χ3v) is 3.59. The SMILES string of the molecule is COC(=O)CN(C)C(=O)Cc1cc(Cl)ccc1Oc1ccccc1. The third-order valence-electron chi connectivity index (χ3n) is 3.35. The lowest BCUT2D eigenvalue weighted by atomic mass is 10.1. The molecule has 5 nitrogen and oxygen atoms in total. The molecule has 0 saturated heterocycles. The van der Waals surface area contributed by atoms with Crippen LogP contribution in [0.25, 0.3) is 0 Å². The zero-order valence-electron chi connectivity index (χ0n) is 13.5. The summed E-state index contributed by atoms with van der Waals surface area (Å²) in [5.74, 6) is 0.500. The van der Waals surface area contributed by atoms with Gasteiger partial charge in [0.15, 0.2) is 0 Å². The average molecular weight is 348 g/mol. The minimum absolute atomic E-state index is 0.0657. The second-order valence-corrected chi connectivity index (χ2v) is 5.61. The van der Waals surface area contributed by atoms with Gasteiger partial charge < -0.3 is 14.4 Å². The molecule has 126 valence electrons. The Balaban J connectivity index is 2.15. The number of amides is 1. The standard InChI is InChI=1S/C18H18ClNO4/c1-20(12-18(22)23-2)17(21)11-13-10-14(19)8-9-16(13)24-15-6-4-3-5-7-15/h3-10H,11-12H2,1-2H3. The number of rotatable bonds is 6. The number of nitrogens with zero attached hydrogens (tertiary/aromatic N) is 1. The molecule has 0 atom stereocenters. The van der Waals surface area contributed by atoms with Gasteiger partial charge in [0, 0.05) is 17.6 Å². The highest BCUT2D eigenvalue weighted by Gasteiger charge is 2.16. The highest BCUT2D eigenvalue weighted by Crippen LogP contribution is 2.28. The summed E-state index contributed by atoms with van der Waals surface area (Å²) in [6, 6.07) is 14.4. The Kier molecular flexibility index (Phi) is 6.21. The van der Waals surface area contributed by atoms with E-state index in [9.17, 15) is 9.59 Å². The van der Waals surface area contributed by atoms with E-state index in [-0.39, 0.29) is 18.9 Å². The highest BCUT2D eigenvalue weighted by molar-refractivity contribution is 6.30. The monoisotopic (exact) mass is 347 g/mol. The minimum Gasteiger partial charge on any atom is -0.468 e. The van der Waals surface area contributed by atoms with Gasteiger partial charge in [0.05, 0.1) is 13.5 Å². The molecule has 0 aliphatic rings. The fourth-order valence-electron chi connectivity index (χ4n) is 2.05. The molecule has 0 radical (unpaired) electrons. The summed E-state index contributed by atoms with van der Waals surface area (Å²) in [5, 5.41) is 0.508. The van der Waals surface area contributed by atoms with Gasteiger partial charge in [-0.1, -0.05) is 29.8 Å². The van der Waals surface area contributed by atoms with Crippen molar-refractivity contribution in [2.24, 2.45) is 0 Å². The van der Waals surface area contributed by atoms with E-state index in [0.717, 1.165) is 0 Å². The van der Waals surface area contributed by atoms with Gasteiger partial charge in [-0.05, 0) is 30.3 Å². The summed E-state index contributed by atoms with van der Waals surface area (Å²) in [4.78, 5) is 24.9. The van der Waals surface area contributed by atoms with Crippen molar-refractivity contribution in [3.05, 3.63) is 59.1 Å². The first kappa shape index (κ1) is 17.8. The van der Waals surface area contributed by atoms with Crippen LogP contribution in [0, 0.1) is 0 Å². The number of benzene rings is 2. The van der Waals surface area contributed by atoms with Crippen molar-refractivity contribution in [2.75, 3.05) is 20.7 Å². The summed E-state index contributed by atoms with van der Waals surface area (Å²) in [7, 11) is 2.82. The molecule has 0 heterocycles. The topological polar surface area (TPSA) is 55.8 Å². The van der Waals surface area contributed by atoms with E-state index in [4.69, 9.17) is 16.3 Å². The Bertz CT molecular complexity index is 718. The molecule has 0 fully saturated rings. The van der Waals surface area contributed by atoms with Crippen LogP contribution in [0.15, 0.2) is 48.5 Å². The summed E-state index contributed by atoms with van der Waals surface area (Å²) in [6.07, 6.45) is 0.0657. The van der Waals surface area contributed by atoms with E-state index in [1.54, 1.807) is 25.2 Å². The molecule has 0 N–H and O–H groups in total. The molecule has 0 spiro atoms. The maximum Gasteiger partial charge on any atom is 0.325 e. The van der Waals surface area contributed by atoms with E-state index in [1.165, 1.54) is 12.0 Å². The fraction of sp³-hybridized carbons (Fsp3) is 0.222. The first-order valence-electron chi connectivity index (χ1n) is 7.31. The number of methoxy groups -OCH3 is 1. The number of likely N-dealkylation sites (N-methyl/N-ethyl adjacent to an activating group) is 1. The lowest BCUT2D eigenvalue weighted by Gasteiger charge is -2.17. The number of hydrogen-bond acceptors (Lipinski definition) is 4. The lowest BCUT2D eigenvalue weighted by Crippen LogP contribution is -2.33. The number of hydrogen-bond donors (Lipinski definition) is 0. The molecule has 2 rings (SSSR count). The van der Waals surface area contributed by atoms with Crippen LogP contribution in [-0.4, -0.2) is 37.5 Å². The lowest BCUT2D eigenvalue weighted by molar-refractivity contribution is -0.145. The highest BCUT2D eigenvalue weighted by atomic mass is 35.5. The second-order valence-electron chi connectivity index (χ2n) is 5.17. The van der Waals surface area contributed by atoms with Crippen LogP contribution < -0.4 is 4.74 Å². The molecule has 2 aromatic rings. The molecule has 2 aromatic carbocycles. The number of carbonyl (C=O) groups excluding carboxylic acids is 2. The first-order valence-corrected chi connectivity index (χ1v) is 7.69. The molecular formula is C18H18ClNO4. The molecule has 0 saturated carbocycles. The van der Waals surface area contributed by atoms with Crippen molar-refractivity contribution >= 4 is 23.5 Å². The first-order chi connectivity index (χ1) is 11.5. The van der Waals surface area contributed by atoms with Crippen LogP contribution in [0.4, 0.5) is 0 Å². The van der Waals surface area contributed by atoms with Gasteiger partial charge in [-0.3, -0.25) is 9.59 Å². The number of ether oxygens (including phenoxy) is 2. The average Bonchev–Trinajstić information content (AvgIpc) is 2.58. The maximum absolute atomic E-state index is 12.3. The van der Waals surface area contributed by atoms with Gasteiger partial charge in [0.1, 0.15) is 18.0 Å². The molecule has 6 heteroatoms. The van der Waals surface area contributed by atoms with Gasteiger partial charge >= 0.3 is 5.97 Å². The van der Waals surface area contributed by atoms with Crippen molar-refractivity contribution in [1.82, 2.24) is 4.90 Å². The van der Waals surface area contributed by atoms with E-state index in [2.05, 4.69) is 4.74 Å². The van der Waals surface area contributed by atoms with Gasteiger partial charge in [-0.15, -0.1) is 0 Å². The van der Waals surface area contributed by atoms with Crippen LogP contribution in [0.1, 0.15) is 5.56 Å². The largest absolute Gasteiger partial charge is 0.468 e. The Morgan fingerprint density at radius 2 is 1.83 bits per heavy atom. The van der Waals surface area contributed by atoms with Crippen LogP contribution in [0.2, 0.25) is 5.02 Å². The predicted octanol–water partition coefficient (Wildman–Crippen LogP) is 3.31. The molecule has 0 aliphatic heterocycles. The molecule has 0 bridgehead atoms. The molecule has 0 aliphatic carbocycles. The van der Waals surface area contributed by atoms with Crippen LogP contribution in [-0.2, 0) is 20.7 Å². The third kappa shape index (κ3) is 4.99. The van der Waals surface area contributed by atoms with Crippen LogP contribution in [0.5, 0.6) is 11.5 Å². The van der Waals surface area contributed by atoms with E-state index in [0.29, 0.717) is 22.1 Å². The number of para-hydroxylation sites is 1. The fourth-order valence-corrected chi connectivity index (χ4v) is 2.24. The van der Waals surface area contributed by atoms with Crippen molar-refractivity contribution in [3.63, 3.8) is 0 Å². The van der Waals surface area contributed by atoms with E-state index < -0.39 is 5.97 Å². The molecular weight excluding hydrogens is 330 g/mol. The summed E-state index contributed by atoms with van der Waals surface area (Å²) < 4.78 is 10.4. The summed E-state index contributed by atoms with van der Waals surface area (Å²) in [5.41, 5.74) is 0.646. The van der Waals surface area contributed by atoms with Gasteiger partial charge in [0.25, 0.3) is 0 Å². The van der Waals surface area contributed by atoms with Crippen molar-refractivity contribution in [1.29, 1.82) is 0 Å². The molecule has 24 heavy (non-hydrogen) atoms. The predicted molar refractivity (Wildman–Crippen MR) is 91.3 cm³/mol. The van der Waals surface area contributed by atoms with E-state index >= 15 is 0 Å². The Morgan fingerprint density at radius 1 is 1.12 bits per heavy atom. The van der Waals surface area contributed by atoms with Gasteiger partial charge in [-0.2, -0.15) is 0 Å². The van der Waals surface area contributed by atoms with Crippen LogP contribution >= 0.6 is 11.6 Å². The Hall–Kier alpha value is -2.53. The second kappa shape index (κ2) is 8.36. The summed E-state index contributed by atoms with van der Waals surface area (Å²) >= 11 is 6.04. The normalized spacial score (nSPS) is 10.1. The number of esters is 1. The quantitative estimate of drug-likeness (QED) is 0.752. The number of halogens is 1. The molecule has 0 unspecified atom stereocenters. The smallest absolute Gasteiger partial charge is 0.325 e. The number of carbonyl (C=O) groups is 2. The van der Waals surface area contributed by atoms with Crippen LogP contribution in [0.3, 0.4) is 0 Å². The molecule has 0 aromatic heterocycles. The summed E-state index contributed by atoms with van der Waals surface area (Å²) in [6.45, 7) is -0.106. The van der Waals surface area contributed by atoms with Crippen molar-refractivity contribution in [3.8, 4) is 11.5 Å². The Labute approximate surface area is 145 Å². The minimum atomic E-state index is -0.474. The Morgan fingerprint density at radius 3 is 2.50 bits per heavy atom. The van der Waals surface area contributed by atoms with E-state index in [1.807, 2.05) is 30.3 Å². The van der Waals surface area contributed by atoms with Gasteiger partial charge in [-0.25, -0.2) is 0 Å². The molecule has 1 amide bonds. The zero-order chi connectivity index (χ0) is 17.5. The van der Waals surface area contributed by atoms with Gasteiger partial charge in [0.2, 0.25) is 5.91 Å². The zero-order valence-corrected chi connectivity index (χ0v) is 14.2. The van der Waals surface area contributed by atoms with Crippen molar-refractivity contribution < 1.29 is 19.1 Å². The van der Waals surface area contributed by atoms with Crippen molar-refractivity contribution in [2.45, 2.75) is 6.42 Å². The maximum atomic E-state index is 12.3.